The first-order valence-electron chi connectivity index (χ1n) is 7.27. The lowest BCUT2D eigenvalue weighted by Crippen LogP contribution is -2.50. The first kappa shape index (κ1) is 16.4. The van der Waals surface area contributed by atoms with Crippen LogP contribution in [0.1, 0.15) is 40.2 Å². The summed E-state index contributed by atoms with van der Waals surface area (Å²) in [6.45, 7) is 12.3. The van der Waals surface area contributed by atoms with Crippen molar-refractivity contribution in [2.24, 2.45) is 0 Å². The van der Waals surface area contributed by atoms with Gasteiger partial charge in [0.25, 0.3) is 0 Å². The van der Waals surface area contributed by atoms with E-state index in [1.165, 1.54) is 5.56 Å². The molecule has 0 aromatic heterocycles. The zero-order valence-electron chi connectivity index (χ0n) is 13.0. The molecule has 0 fully saturated rings. The van der Waals surface area contributed by atoms with Gasteiger partial charge >= 0.3 is 8.56 Å². The van der Waals surface area contributed by atoms with Gasteiger partial charge in [-0.1, -0.05) is 51.1 Å². The van der Waals surface area contributed by atoms with E-state index >= 15 is 0 Å². The van der Waals surface area contributed by atoms with Crippen LogP contribution in [0.2, 0.25) is 11.1 Å². The van der Waals surface area contributed by atoms with Crippen LogP contribution >= 0.6 is 0 Å². The fourth-order valence-electron chi connectivity index (χ4n) is 2.41. The van der Waals surface area contributed by atoms with Crippen LogP contribution < -0.4 is 0 Å². The van der Waals surface area contributed by atoms with E-state index in [4.69, 9.17) is 8.85 Å². The Morgan fingerprint density at radius 3 is 1.89 bits per heavy atom. The maximum absolute atomic E-state index is 6.17. The number of hydrogen-bond donors (Lipinski definition) is 0. The second kappa shape index (κ2) is 7.22. The van der Waals surface area contributed by atoms with Gasteiger partial charge in [0, 0.05) is 18.3 Å². The monoisotopic (exact) mass is 280 g/mol. The molecule has 1 rings (SSSR count). The molecule has 2 nitrogen and oxygen atoms in total. The molecular weight excluding hydrogens is 252 g/mol. The van der Waals surface area contributed by atoms with E-state index in [0.717, 1.165) is 25.7 Å². The van der Waals surface area contributed by atoms with E-state index in [1.54, 1.807) is 0 Å². The molecule has 0 saturated heterocycles. The molecular formula is C16H28O2Si. The Kier molecular flexibility index (Phi) is 6.24. The minimum atomic E-state index is -2.18. The average Bonchev–Trinajstić information content (AvgIpc) is 2.36. The molecule has 0 unspecified atom stereocenters. The van der Waals surface area contributed by atoms with E-state index in [2.05, 4.69) is 65.0 Å². The molecule has 3 heteroatoms. The van der Waals surface area contributed by atoms with Crippen molar-refractivity contribution in [3.63, 3.8) is 0 Å². The molecule has 0 saturated carbocycles. The average molecular weight is 280 g/mol. The minimum Gasteiger partial charge on any atom is -0.394 e. The third-order valence-electron chi connectivity index (χ3n) is 3.48. The van der Waals surface area contributed by atoms with Crippen molar-refractivity contribution in [1.82, 2.24) is 0 Å². The van der Waals surface area contributed by atoms with Crippen LogP contribution in [0.3, 0.4) is 0 Å². The summed E-state index contributed by atoms with van der Waals surface area (Å²) in [6.07, 6.45) is 1.03. The predicted octanol–water partition coefficient (Wildman–Crippen LogP) is 4.54. The molecule has 0 aliphatic heterocycles. The van der Waals surface area contributed by atoms with Crippen LogP contribution in [-0.4, -0.2) is 21.8 Å². The molecule has 0 aliphatic carbocycles. The Labute approximate surface area is 119 Å². The lowest BCUT2D eigenvalue weighted by molar-refractivity contribution is 0.160. The van der Waals surface area contributed by atoms with Crippen LogP contribution in [0.25, 0.3) is 0 Å². The molecule has 0 aliphatic rings. The summed E-state index contributed by atoms with van der Waals surface area (Å²) in [7, 11) is -2.18. The minimum absolute atomic E-state index is 0.0911. The Bertz CT molecular complexity index is 351. The number of hydrogen-bond acceptors (Lipinski definition) is 2. The van der Waals surface area contributed by atoms with E-state index < -0.39 is 8.56 Å². The fraction of sp³-hybridized carbons (Fsp3) is 0.625. The predicted molar refractivity (Wildman–Crippen MR) is 83.7 cm³/mol. The second-order valence-electron chi connectivity index (χ2n) is 5.85. The van der Waals surface area contributed by atoms with Gasteiger partial charge in [0.1, 0.15) is 0 Å². The highest BCUT2D eigenvalue weighted by atomic mass is 28.4. The summed E-state index contributed by atoms with van der Waals surface area (Å²) in [5, 5.41) is 0.0911. The van der Waals surface area contributed by atoms with E-state index in [0.29, 0.717) is 0 Å². The largest absolute Gasteiger partial charge is 0.394 e. The van der Waals surface area contributed by atoms with Crippen LogP contribution in [0.15, 0.2) is 30.3 Å². The molecule has 0 N–H and O–H groups in total. The summed E-state index contributed by atoms with van der Waals surface area (Å²) in [5.41, 5.74) is 1.36. The van der Waals surface area contributed by atoms with Crippen LogP contribution in [-0.2, 0) is 15.3 Å². The number of benzene rings is 1. The van der Waals surface area contributed by atoms with Crippen molar-refractivity contribution in [3.05, 3.63) is 35.9 Å². The zero-order valence-corrected chi connectivity index (χ0v) is 14.0. The lowest BCUT2D eigenvalue weighted by Gasteiger charge is -2.40. The van der Waals surface area contributed by atoms with Gasteiger partial charge in [-0.2, -0.15) is 0 Å². The normalized spacial score (nSPS) is 12.7. The molecule has 0 bridgehead atoms. The van der Waals surface area contributed by atoms with Gasteiger partial charge in [-0.05, 0) is 31.9 Å². The summed E-state index contributed by atoms with van der Waals surface area (Å²) in [6, 6.07) is 11.6. The molecule has 108 valence electrons. The van der Waals surface area contributed by atoms with Gasteiger partial charge in [0.05, 0.1) is 0 Å². The van der Waals surface area contributed by atoms with Gasteiger partial charge in [0.2, 0.25) is 0 Å². The maximum Gasteiger partial charge on any atom is 0.344 e. The van der Waals surface area contributed by atoms with Gasteiger partial charge < -0.3 is 8.85 Å². The van der Waals surface area contributed by atoms with Gasteiger partial charge in [0.15, 0.2) is 0 Å². The molecule has 0 amide bonds. The van der Waals surface area contributed by atoms with E-state index in [9.17, 15) is 0 Å². The third-order valence-corrected chi connectivity index (χ3v) is 8.19. The highest BCUT2D eigenvalue weighted by Gasteiger charge is 2.48. The topological polar surface area (TPSA) is 18.5 Å². The van der Waals surface area contributed by atoms with Gasteiger partial charge in [-0.3, -0.25) is 0 Å². The molecule has 1 aromatic carbocycles. The Morgan fingerprint density at radius 2 is 1.47 bits per heavy atom. The first-order chi connectivity index (χ1) is 8.95. The van der Waals surface area contributed by atoms with Crippen molar-refractivity contribution >= 4 is 8.56 Å². The van der Waals surface area contributed by atoms with Crippen molar-refractivity contribution in [3.8, 4) is 0 Å². The summed E-state index contributed by atoms with van der Waals surface area (Å²) >= 11 is 0. The highest BCUT2D eigenvalue weighted by Crippen LogP contribution is 2.41. The Morgan fingerprint density at radius 1 is 0.947 bits per heavy atom. The Balaban J connectivity index is 2.84. The van der Waals surface area contributed by atoms with Gasteiger partial charge in [-0.15, -0.1) is 0 Å². The molecule has 0 atom stereocenters. The fourth-order valence-corrected chi connectivity index (χ4v) is 5.95. The van der Waals surface area contributed by atoms with Crippen LogP contribution in [0.5, 0.6) is 0 Å². The SMILES string of the molecule is CCO[Si](CCc1ccccc1)(OCC)C(C)(C)C. The van der Waals surface area contributed by atoms with Crippen molar-refractivity contribution in [2.45, 2.75) is 52.1 Å². The quantitative estimate of drug-likeness (QED) is 0.682. The summed E-state index contributed by atoms with van der Waals surface area (Å²) in [4.78, 5) is 0. The first-order valence-corrected chi connectivity index (χ1v) is 9.29. The van der Waals surface area contributed by atoms with Gasteiger partial charge in [-0.25, -0.2) is 0 Å². The highest BCUT2D eigenvalue weighted by molar-refractivity contribution is 6.70. The van der Waals surface area contributed by atoms with E-state index in [-0.39, 0.29) is 5.04 Å². The standard InChI is InChI=1S/C16H28O2Si/c1-6-17-19(18-7-2,16(3,4)5)14-13-15-11-9-8-10-12-15/h8-12H,6-7,13-14H2,1-5H3. The van der Waals surface area contributed by atoms with Crippen molar-refractivity contribution < 1.29 is 8.85 Å². The number of rotatable bonds is 7. The Hall–Kier alpha value is -0.643. The summed E-state index contributed by atoms with van der Waals surface area (Å²) in [5.74, 6) is 0. The van der Waals surface area contributed by atoms with E-state index in [1.807, 2.05) is 0 Å². The summed E-state index contributed by atoms with van der Waals surface area (Å²) < 4.78 is 12.3. The molecule has 1 aromatic rings. The molecule has 19 heavy (non-hydrogen) atoms. The van der Waals surface area contributed by atoms with Crippen molar-refractivity contribution in [2.75, 3.05) is 13.2 Å². The lowest BCUT2D eigenvalue weighted by atomic mass is 10.2. The third kappa shape index (κ3) is 4.44. The number of aryl methyl sites for hydroxylation is 1. The molecule has 0 radical (unpaired) electrons. The molecule has 0 spiro atoms. The smallest absolute Gasteiger partial charge is 0.344 e. The van der Waals surface area contributed by atoms with Crippen LogP contribution in [0, 0.1) is 0 Å². The van der Waals surface area contributed by atoms with Crippen LogP contribution in [0.4, 0.5) is 0 Å². The maximum atomic E-state index is 6.17. The molecule has 0 heterocycles. The zero-order chi connectivity index (χ0) is 14.4. The van der Waals surface area contributed by atoms with Crippen molar-refractivity contribution in [1.29, 1.82) is 0 Å². The second-order valence-corrected chi connectivity index (χ2v) is 9.94.